The van der Waals surface area contributed by atoms with Gasteiger partial charge in [0, 0.05) is 16.7 Å². The summed E-state index contributed by atoms with van der Waals surface area (Å²) in [7, 11) is 0. The van der Waals surface area contributed by atoms with E-state index in [1.165, 1.54) is 17.1 Å². The van der Waals surface area contributed by atoms with Crippen molar-refractivity contribution < 1.29 is 0 Å². The van der Waals surface area contributed by atoms with Gasteiger partial charge < -0.3 is 0 Å². The van der Waals surface area contributed by atoms with Gasteiger partial charge in [-0.3, -0.25) is 0 Å². The number of hydrogen-bond acceptors (Lipinski definition) is 2. The van der Waals surface area contributed by atoms with Gasteiger partial charge in [0.15, 0.2) is 0 Å². The van der Waals surface area contributed by atoms with Crippen LogP contribution in [0.1, 0.15) is 57.7 Å². The first-order valence-electron chi connectivity index (χ1n) is 5.26. The molecule has 0 amide bonds. The molecule has 0 N–H and O–H groups in total. The maximum absolute atomic E-state index is 4.76. The minimum atomic E-state index is 0.202. The van der Waals surface area contributed by atoms with Crippen molar-refractivity contribution in [1.82, 2.24) is 4.98 Å². The lowest BCUT2D eigenvalue weighted by atomic mass is 9.93. The van der Waals surface area contributed by atoms with Crippen molar-refractivity contribution in [2.24, 2.45) is 5.41 Å². The molecule has 2 rings (SSSR count). The summed E-state index contributed by atoms with van der Waals surface area (Å²) in [6, 6.07) is 0. The summed E-state index contributed by atoms with van der Waals surface area (Å²) < 4.78 is 0. The van der Waals surface area contributed by atoms with E-state index in [0.29, 0.717) is 5.41 Å². The van der Waals surface area contributed by atoms with Crippen LogP contribution >= 0.6 is 11.3 Å². The van der Waals surface area contributed by atoms with Gasteiger partial charge in [-0.2, -0.15) is 0 Å². The molecule has 1 saturated carbocycles. The lowest BCUT2D eigenvalue weighted by molar-refractivity contribution is 0.566. The van der Waals surface area contributed by atoms with Gasteiger partial charge in [-0.25, -0.2) is 4.98 Å². The van der Waals surface area contributed by atoms with E-state index in [-0.39, 0.29) is 5.41 Å². The predicted molar refractivity (Wildman–Crippen MR) is 62.0 cm³/mol. The van der Waals surface area contributed by atoms with Gasteiger partial charge in [0.1, 0.15) is 0 Å². The molecule has 0 aromatic carbocycles. The van der Waals surface area contributed by atoms with E-state index in [2.05, 4.69) is 40.0 Å². The van der Waals surface area contributed by atoms with Crippen LogP contribution in [0.5, 0.6) is 0 Å². The molecule has 1 atom stereocenters. The summed E-state index contributed by atoms with van der Waals surface area (Å²) in [4.78, 5) is 4.76. The highest BCUT2D eigenvalue weighted by atomic mass is 32.1. The van der Waals surface area contributed by atoms with Crippen LogP contribution in [0.25, 0.3) is 0 Å². The Hall–Kier alpha value is -0.370. The fraction of sp³-hybridized carbons (Fsp3) is 0.750. The highest BCUT2D eigenvalue weighted by molar-refractivity contribution is 7.09. The molecule has 0 radical (unpaired) electrons. The van der Waals surface area contributed by atoms with Crippen LogP contribution in [-0.4, -0.2) is 4.98 Å². The van der Waals surface area contributed by atoms with E-state index < -0.39 is 0 Å². The van der Waals surface area contributed by atoms with Crippen LogP contribution in [0.3, 0.4) is 0 Å². The van der Waals surface area contributed by atoms with Crippen molar-refractivity contribution in [2.45, 2.75) is 52.4 Å². The number of rotatable bonds is 1. The lowest BCUT2D eigenvalue weighted by Gasteiger charge is -2.14. The zero-order valence-electron chi connectivity index (χ0n) is 9.72. The molecule has 0 bridgehead atoms. The van der Waals surface area contributed by atoms with Crippen molar-refractivity contribution in [3.63, 3.8) is 0 Å². The molecule has 1 aliphatic carbocycles. The number of nitrogens with zero attached hydrogens (tertiary/aromatic N) is 1. The Bertz CT molecular complexity index is 343. The Labute approximate surface area is 90.6 Å². The first kappa shape index (κ1) is 10.2. The molecule has 0 saturated heterocycles. The van der Waals surface area contributed by atoms with Gasteiger partial charge in [0.2, 0.25) is 0 Å². The van der Waals surface area contributed by atoms with Gasteiger partial charge in [0.05, 0.1) is 10.7 Å². The zero-order chi connectivity index (χ0) is 10.6. The summed E-state index contributed by atoms with van der Waals surface area (Å²) in [6.45, 7) is 11.3. The molecule has 1 unspecified atom stereocenters. The maximum Gasteiger partial charge on any atom is 0.0965 e. The molecule has 1 aromatic heterocycles. The molecular weight excluding hydrogens is 190 g/mol. The van der Waals surface area contributed by atoms with Crippen molar-refractivity contribution in [2.75, 3.05) is 0 Å². The third kappa shape index (κ3) is 1.72. The topological polar surface area (TPSA) is 12.9 Å². The van der Waals surface area contributed by atoms with Gasteiger partial charge in [0.25, 0.3) is 0 Å². The second-order valence-corrected chi connectivity index (χ2v) is 6.96. The maximum atomic E-state index is 4.76. The smallest absolute Gasteiger partial charge is 0.0965 e. The second kappa shape index (κ2) is 2.82. The van der Waals surface area contributed by atoms with E-state index in [4.69, 9.17) is 4.98 Å². The summed E-state index contributed by atoms with van der Waals surface area (Å²) in [5.74, 6) is 0.726. The van der Waals surface area contributed by atoms with Gasteiger partial charge in [-0.15, -0.1) is 11.3 Å². The van der Waals surface area contributed by atoms with Crippen LogP contribution < -0.4 is 0 Å². The highest BCUT2D eigenvalue weighted by Gasteiger charge is 2.48. The standard InChI is InChI=1S/C12H19NS/c1-11(2,3)9-7-14-10(13-9)8-6-12(8,4)5/h7-8H,6H2,1-5H3. The van der Waals surface area contributed by atoms with Crippen molar-refractivity contribution >= 4 is 11.3 Å². The first-order valence-corrected chi connectivity index (χ1v) is 6.14. The first-order chi connectivity index (χ1) is 6.31. The molecule has 78 valence electrons. The Morgan fingerprint density at radius 2 is 2.00 bits per heavy atom. The van der Waals surface area contributed by atoms with E-state index in [9.17, 15) is 0 Å². The molecule has 1 aliphatic rings. The molecule has 14 heavy (non-hydrogen) atoms. The minimum Gasteiger partial charge on any atom is -0.245 e. The number of thiazole rings is 1. The second-order valence-electron chi connectivity index (χ2n) is 6.07. The van der Waals surface area contributed by atoms with Crippen LogP contribution in [0, 0.1) is 5.41 Å². The molecule has 1 aromatic rings. The van der Waals surface area contributed by atoms with Crippen LogP contribution in [-0.2, 0) is 5.41 Å². The third-order valence-corrected chi connectivity index (χ3v) is 4.06. The van der Waals surface area contributed by atoms with Crippen LogP contribution in [0.15, 0.2) is 5.38 Å². The predicted octanol–water partition coefficient (Wildman–Crippen LogP) is 3.95. The molecule has 1 nitrogen and oxygen atoms in total. The summed E-state index contributed by atoms with van der Waals surface area (Å²) >= 11 is 1.84. The quantitative estimate of drug-likeness (QED) is 0.682. The zero-order valence-corrected chi connectivity index (χ0v) is 10.5. The number of aromatic nitrogens is 1. The Balaban J connectivity index is 2.20. The van der Waals surface area contributed by atoms with Gasteiger partial charge in [-0.05, 0) is 11.8 Å². The minimum absolute atomic E-state index is 0.202. The summed E-state index contributed by atoms with van der Waals surface area (Å²) in [5, 5.41) is 3.57. The summed E-state index contributed by atoms with van der Waals surface area (Å²) in [5.41, 5.74) is 1.96. The van der Waals surface area contributed by atoms with Gasteiger partial charge >= 0.3 is 0 Å². The van der Waals surface area contributed by atoms with E-state index >= 15 is 0 Å². The van der Waals surface area contributed by atoms with Crippen LogP contribution in [0.2, 0.25) is 0 Å². The van der Waals surface area contributed by atoms with E-state index in [1.807, 2.05) is 11.3 Å². The van der Waals surface area contributed by atoms with Gasteiger partial charge in [-0.1, -0.05) is 34.6 Å². The molecule has 1 heterocycles. The van der Waals surface area contributed by atoms with E-state index in [0.717, 1.165) is 5.92 Å². The lowest BCUT2D eigenvalue weighted by Crippen LogP contribution is -2.11. The van der Waals surface area contributed by atoms with Crippen molar-refractivity contribution in [1.29, 1.82) is 0 Å². The summed E-state index contributed by atoms with van der Waals surface area (Å²) in [6.07, 6.45) is 1.31. The average molecular weight is 209 g/mol. The molecule has 1 fully saturated rings. The van der Waals surface area contributed by atoms with Crippen LogP contribution in [0.4, 0.5) is 0 Å². The SMILES string of the molecule is CC(C)(C)c1csc(C2CC2(C)C)n1. The monoisotopic (exact) mass is 209 g/mol. The third-order valence-electron chi connectivity index (χ3n) is 3.10. The molecule has 2 heteroatoms. The fourth-order valence-corrected chi connectivity index (χ4v) is 3.04. The van der Waals surface area contributed by atoms with E-state index in [1.54, 1.807) is 0 Å². The molecule has 0 spiro atoms. The fourth-order valence-electron chi connectivity index (χ4n) is 1.68. The molecule has 0 aliphatic heterocycles. The average Bonchev–Trinajstić information content (AvgIpc) is 2.48. The van der Waals surface area contributed by atoms with Crippen molar-refractivity contribution in [3.8, 4) is 0 Å². The highest BCUT2D eigenvalue weighted by Crippen LogP contribution is 2.59. The number of hydrogen-bond donors (Lipinski definition) is 0. The Kier molecular flexibility index (Phi) is 2.04. The van der Waals surface area contributed by atoms with Crippen molar-refractivity contribution in [3.05, 3.63) is 16.1 Å². The molecular formula is C12H19NS. The Morgan fingerprint density at radius 3 is 2.36 bits per heavy atom. The normalized spacial score (nSPS) is 25.1. The Morgan fingerprint density at radius 1 is 1.43 bits per heavy atom. The largest absolute Gasteiger partial charge is 0.245 e.